The molecule has 0 spiro atoms. The van der Waals surface area contributed by atoms with E-state index in [1.165, 1.54) is 4.90 Å². The fraction of sp³-hybridized carbons (Fsp3) is 0.500. The molecule has 2 heterocycles. The van der Waals surface area contributed by atoms with Gasteiger partial charge in [0.25, 0.3) is 5.91 Å². The molecule has 8 heteroatoms. The summed E-state index contributed by atoms with van der Waals surface area (Å²) in [5.41, 5.74) is 5.57. The Kier molecular flexibility index (Phi) is 4.40. The van der Waals surface area contributed by atoms with E-state index in [0.717, 1.165) is 6.07 Å². The first-order valence-electron chi connectivity index (χ1n) is 7.99. The van der Waals surface area contributed by atoms with Crippen molar-refractivity contribution in [2.24, 2.45) is 5.73 Å². The zero-order chi connectivity index (χ0) is 17.4. The van der Waals surface area contributed by atoms with Crippen molar-refractivity contribution in [3.63, 3.8) is 0 Å². The molecule has 1 aromatic carbocycles. The fourth-order valence-electron chi connectivity index (χ4n) is 3.27. The summed E-state index contributed by atoms with van der Waals surface area (Å²) in [4.78, 5) is 27.1. The average Bonchev–Trinajstić information content (AvgIpc) is 2.93. The summed E-state index contributed by atoms with van der Waals surface area (Å²) in [7, 11) is 0. The van der Waals surface area contributed by atoms with E-state index in [4.69, 9.17) is 5.73 Å². The Hall–Kier alpha value is -2.22. The summed E-state index contributed by atoms with van der Waals surface area (Å²) < 4.78 is 28.3. The molecule has 130 valence electrons. The zero-order valence-corrected chi connectivity index (χ0v) is 13.4. The van der Waals surface area contributed by atoms with Gasteiger partial charge in [0.1, 0.15) is 11.6 Å². The van der Waals surface area contributed by atoms with Gasteiger partial charge in [0.05, 0.1) is 11.3 Å². The minimum Gasteiger partial charge on any atom is -0.336 e. The highest BCUT2D eigenvalue weighted by molar-refractivity contribution is 5.99. The molecule has 2 aliphatic heterocycles. The Morgan fingerprint density at radius 2 is 2.04 bits per heavy atom. The summed E-state index contributed by atoms with van der Waals surface area (Å²) in [5, 5.41) is 2.55. The van der Waals surface area contributed by atoms with Crippen LogP contribution in [0.1, 0.15) is 30.1 Å². The van der Waals surface area contributed by atoms with Gasteiger partial charge >= 0.3 is 6.03 Å². The molecular weight excluding hydrogens is 318 g/mol. The van der Waals surface area contributed by atoms with Crippen LogP contribution in [0.2, 0.25) is 0 Å². The van der Waals surface area contributed by atoms with Crippen LogP contribution in [-0.2, 0) is 0 Å². The van der Waals surface area contributed by atoms with E-state index in [-0.39, 0.29) is 29.9 Å². The van der Waals surface area contributed by atoms with Gasteiger partial charge in [-0.1, -0.05) is 0 Å². The van der Waals surface area contributed by atoms with Crippen LogP contribution in [0.15, 0.2) is 12.1 Å². The molecule has 6 nitrogen and oxygen atoms in total. The van der Waals surface area contributed by atoms with Gasteiger partial charge in [0.2, 0.25) is 0 Å². The van der Waals surface area contributed by atoms with Crippen molar-refractivity contribution in [1.29, 1.82) is 0 Å². The summed E-state index contributed by atoms with van der Waals surface area (Å²) in [6, 6.07) is 1.22. The molecule has 3 rings (SSSR count). The van der Waals surface area contributed by atoms with Crippen LogP contribution in [-0.4, -0.2) is 48.6 Å². The normalized spacial score (nSPS) is 24.2. The van der Waals surface area contributed by atoms with Crippen LogP contribution in [0.25, 0.3) is 0 Å². The van der Waals surface area contributed by atoms with Crippen molar-refractivity contribution in [3.8, 4) is 0 Å². The second kappa shape index (κ2) is 6.35. The first kappa shape index (κ1) is 16.6. The number of hydrogen-bond donors (Lipinski definition) is 2. The summed E-state index contributed by atoms with van der Waals surface area (Å²) >= 11 is 0. The van der Waals surface area contributed by atoms with Gasteiger partial charge in [-0.05, 0) is 25.8 Å². The molecule has 1 aromatic rings. The highest BCUT2D eigenvalue weighted by Gasteiger charge is 2.31. The summed E-state index contributed by atoms with van der Waals surface area (Å²) in [5.74, 6) is -2.30. The van der Waals surface area contributed by atoms with E-state index >= 15 is 0 Å². The molecule has 0 bridgehead atoms. The standard InChI is InChI=1S/C16H20F2N4O2/c1-9-6-10(19)2-4-21(9)15(23)11-7-14(13(18)8-12(11)17)22-5-3-20-16(22)24/h7-10H,2-6,19H2,1H3,(H,20,24)/t9-,10+/m1/s1. The van der Waals surface area contributed by atoms with E-state index in [1.54, 1.807) is 4.90 Å². The molecule has 0 aliphatic carbocycles. The van der Waals surface area contributed by atoms with E-state index < -0.39 is 23.6 Å². The highest BCUT2D eigenvalue weighted by Crippen LogP contribution is 2.27. The highest BCUT2D eigenvalue weighted by atomic mass is 19.1. The lowest BCUT2D eigenvalue weighted by Gasteiger charge is -2.36. The molecule has 0 saturated carbocycles. The lowest BCUT2D eigenvalue weighted by Crippen LogP contribution is -2.48. The SMILES string of the molecule is C[C@@H]1C[C@@H](N)CCN1C(=O)c1cc(N2CCNC2=O)c(F)cc1F. The molecular formula is C16H20F2N4O2. The van der Waals surface area contributed by atoms with E-state index in [9.17, 15) is 18.4 Å². The predicted octanol–water partition coefficient (Wildman–Crippen LogP) is 1.45. The molecule has 0 radical (unpaired) electrons. The Bertz CT molecular complexity index is 682. The molecule has 2 fully saturated rings. The van der Waals surface area contributed by atoms with Crippen LogP contribution in [0, 0.1) is 11.6 Å². The second-order valence-electron chi connectivity index (χ2n) is 6.30. The van der Waals surface area contributed by atoms with Gasteiger partial charge in [0, 0.05) is 37.8 Å². The maximum atomic E-state index is 14.2. The van der Waals surface area contributed by atoms with Crippen LogP contribution in [0.4, 0.5) is 19.3 Å². The number of likely N-dealkylation sites (tertiary alicyclic amines) is 1. The molecule has 3 amide bonds. The third kappa shape index (κ3) is 2.93. The summed E-state index contributed by atoms with van der Waals surface area (Å²) in [6.07, 6.45) is 1.27. The molecule has 0 unspecified atom stereocenters. The van der Waals surface area contributed by atoms with Gasteiger partial charge in [0.15, 0.2) is 0 Å². The van der Waals surface area contributed by atoms with E-state index in [2.05, 4.69) is 5.32 Å². The topological polar surface area (TPSA) is 78.7 Å². The van der Waals surface area contributed by atoms with Crippen molar-refractivity contribution in [2.45, 2.75) is 31.8 Å². The average molecular weight is 338 g/mol. The number of halogens is 2. The van der Waals surface area contributed by atoms with Crippen molar-refractivity contribution >= 4 is 17.6 Å². The van der Waals surface area contributed by atoms with E-state index in [1.807, 2.05) is 6.92 Å². The van der Waals surface area contributed by atoms with Crippen molar-refractivity contribution < 1.29 is 18.4 Å². The minimum atomic E-state index is -0.928. The number of nitrogens with two attached hydrogens (primary N) is 1. The number of carbonyl (C=O) groups is 2. The number of nitrogens with one attached hydrogen (secondary N) is 1. The molecule has 0 aromatic heterocycles. The largest absolute Gasteiger partial charge is 0.336 e. The van der Waals surface area contributed by atoms with Crippen LogP contribution in [0.5, 0.6) is 0 Å². The van der Waals surface area contributed by atoms with E-state index in [0.29, 0.717) is 32.0 Å². The van der Waals surface area contributed by atoms with Gasteiger partial charge in [-0.2, -0.15) is 0 Å². The first-order chi connectivity index (χ1) is 11.4. The van der Waals surface area contributed by atoms with Gasteiger partial charge in [-0.3, -0.25) is 9.69 Å². The van der Waals surface area contributed by atoms with Crippen molar-refractivity contribution in [3.05, 3.63) is 29.3 Å². The first-order valence-corrected chi connectivity index (χ1v) is 7.99. The van der Waals surface area contributed by atoms with Crippen LogP contribution < -0.4 is 16.0 Å². The Balaban J connectivity index is 1.92. The number of amides is 3. The van der Waals surface area contributed by atoms with Crippen molar-refractivity contribution in [2.75, 3.05) is 24.5 Å². The lowest BCUT2D eigenvalue weighted by atomic mass is 9.98. The molecule has 24 heavy (non-hydrogen) atoms. The quantitative estimate of drug-likeness (QED) is 0.857. The number of anilines is 1. The maximum Gasteiger partial charge on any atom is 0.322 e. The number of urea groups is 1. The van der Waals surface area contributed by atoms with Crippen LogP contribution >= 0.6 is 0 Å². The number of hydrogen-bond acceptors (Lipinski definition) is 3. The third-order valence-electron chi connectivity index (χ3n) is 4.59. The molecule has 2 aliphatic rings. The molecule has 2 atom stereocenters. The number of carbonyl (C=O) groups excluding carboxylic acids is 2. The number of piperidine rings is 1. The minimum absolute atomic E-state index is 0.0194. The third-order valence-corrected chi connectivity index (χ3v) is 4.59. The molecule has 2 saturated heterocycles. The van der Waals surface area contributed by atoms with Gasteiger partial charge < -0.3 is 16.0 Å². The second-order valence-corrected chi connectivity index (χ2v) is 6.30. The number of nitrogens with zero attached hydrogens (tertiary/aromatic N) is 2. The number of benzene rings is 1. The van der Waals surface area contributed by atoms with Crippen LogP contribution in [0.3, 0.4) is 0 Å². The lowest BCUT2D eigenvalue weighted by molar-refractivity contribution is 0.0614. The molecule has 3 N–H and O–H groups in total. The zero-order valence-electron chi connectivity index (χ0n) is 13.4. The smallest absolute Gasteiger partial charge is 0.322 e. The monoisotopic (exact) mass is 338 g/mol. The van der Waals surface area contributed by atoms with Gasteiger partial charge in [-0.15, -0.1) is 0 Å². The predicted molar refractivity (Wildman–Crippen MR) is 84.8 cm³/mol. The Morgan fingerprint density at radius 3 is 2.67 bits per heavy atom. The Morgan fingerprint density at radius 1 is 1.29 bits per heavy atom. The Labute approximate surface area is 138 Å². The van der Waals surface area contributed by atoms with Gasteiger partial charge in [-0.25, -0.2) is 13.6 Å². The maximum absolute atomic E-state index is 14.2. The van der Waals surface area contributed by atoms with Crippen molar-refractivity contribution in [1.82, 2.24) is 10.2 Å². The fourth-order valence-corrected chi connectivity index (χ4v) is 3.27. The number of rotatable bonds is 2. The summed E-state index contributed by atoms with van der Waals surface area (Å²) in [6.45, 7) is 2.93.